The molecule has 0 amide bonds. The van der Waals surface area contributed by atoms with Crippen molar-refractivity contribution < 1.29 is 0 Å². The van der Waals surface area contributed by atoms with Crippen LogP contribution in [0.4, 0.5) is 0 Å². The van der Waals surface area contributed by atoms with Gasteiger partial charge in [0.15, 0.2) is 0 Å². The predicted molar refractivity (Wildman–Crippen MR) is 59.6 cm³/mol. The highest BCUT2D eigenvalue weighted by molar-refractivity contribution is 7.09. The van der Waals surface area contributed by atoms with Crippen molar-refractivity contribution in [1.82, 2.24) is 15.0 Å². The van der Waals surface area contributed by atoms with Gasteiger partial charge in [-0.1, -0.05) is 0 Å². The highest BCUT2D eigenvalue weighted by atomic mass is 32.1. The molecule has 0 aliphatic carbocycles. The average Bonchev–Trinajstić information content (AvgIpc) is 2.64. The van der Waals surface area contributed by atoms with Gasteiger partial charge < -0.3 is 5.73 Å². The van der Waals surface area contributed by atoms with Gasteiger partial charge in [0.05, 0.1) is 12.1 Å². The zero-order chi connectivity index (χ0) is 10.7. The molecule has 0 aliphatic heterocycles. The standard InChI is InChI=1S/C10H12N4S/c1-7-6-15-10(13-7)4-9-12-3-2-8(5-11)14-9/h2-3,6H,4-5,11H2,1H3. The Bertz CT molecular complexity index is 452. The minimum Gasteiger partial charge on any atom is -0.325 e. The number of nitrogens with zero attached hydrogens (tertiary/aromatic N) is 3. The molecule has 0 spiro atoms. The number of nitrogens with two attached hydrogens (primary N) is 1. The monoisotopic (exact) mass is 220 g/mol. The highest BCUT2D eigenvalue weighted by Gasteiger charge is 2.03. The third-order valence-electron chi connectivity index (χ3n) is 1.95. The van der Waals surface area contributed by atoms with Gasteiger partial charge in [-0.05, 0) is 13.0 Å². The molecule has 0 aromatic carbocycles. The second-order valence-electron chi connectivity index (χ2n) is 3.23. The van der Waals surface area contributed by atoms with Crippen molar-refractivity contribution in [2.75, 3.05) is 0 Å². The molecule has 5 heteroatoms. The lowest BCUT2D eigenvalue weighted by Gasteiger charge is -1.99. The van der Waals surface area contributed by atoms with Crippen LogP contribution in [-0.2, 0) is 13.0 Å². The predicted octanol–water partition coefficient (Wildman–Crippen LogP) is 1.29. The fraction of sp³-hybridized carbons (Fsp3) is 0.300. The Hall–Kier alpha value is -1.33. The van der Waals surface area contributed by atoms with Crippen LogP contribution in [0.5, 0.6) is 0 Å². The molecule has 0 atom stereocenters. The Labute approximate surface area is 92.2 Å². The first-order valence-electron chi connectivity index (χ1n) is 4.70. The fourth-order valence-electron chi connectivity index (χ4n) is 1.26. The van der Waals surface area contributed by atoms with E-state index in [0.717, 1.165) is 22.2 Å². The summed E-state index contributed by atoms with van der Waals surface area (Å²) in [5, 5.41) is 3.07. The van der Waals surface area contributed by atoms with Crippen molar-refractivity contribution in [1.29, 1.82) is 0 Å². The lowest BCUT2D eigenvalue weighted by atomic mass is 10.3. The van der Waals surface area contributed by atoms with E-state index < -0.39 is 0 Å². The normalized spacial score (nSPS) is 10.5. The zero-order valence-electron chi connectivity index (χ0n) is 8.47. The maximum atomic E-state index is 5.51. The summed E-state index contributed by atoms with van der Waals surface area (Å²) in [6, 6.07) is 1.83. The Balaban J connectivity index is 2.16. The topological polar surface area (TPSA) is 64.7 Å². The molecule has 2 heterocycles. The van der Waals surface area contributed by atoms with Crippen LogP contribution in [0.25, 0.3) is 0 Å². The number of aryl methyl sites for hydroxylation is 1. The van der Waals surface area contributed by atoms with Crippen LogP contribution >= 0.6 is 11.3 Å². The summed E-state index contributed by atoms with van der Waals surface area (Å²) >= 11 is 1.64. The Kier molecular flexibility index (Phi) is 3.03. The molecule has 2 aromatic rings. The van der Waals surface area contributed by atoms with E-state index in [4.69, 9.17) is 5.73 Å². The van der Waals surface area contributed by atoms with E-state index in [-0.39, 0.29) is 0 Å². The first-order chi connectivity index (χ1) is 7.28. The zero-order valence-corrected chi connectivity index (χ0v) is 9.29. The molecule has 0 unspecified atom stereocenters. The summed E-state index contributed by atoms with van der Waals surface area (Å²) < 4.78 is 0. The first kappa shape index (κ1) is 10.2. The van der Waals surface area contributed by atoms with Crippen molar-refractivity contribution >= 4 is 11.3 Å². The molecule has 0 saturated carbocycles. The molecule has 0 saturated heterocycles. The SMILES string of the molecule is Cc1csc(Cc2nccc(CN)n2)n1. The summed E-state index contributed by atoms with van der Waals surface area (Å²) in [4.78, 5) is 12.9. The van der Waals surface area contributed by atoms with Gasteiger partial charge in [0.2, 0.25) is 0 Å². The molecule has 2 rings (SSSR count). The van der Waals surface area contributed by atoms with E-state index in [9.17, 15) is 0 Å². The molecule has 0 fully saturated rings. The van der Waals surface area contributed by atoms with Gasteiger partial charge in [0.1, 0.15) is 10.8 Å². The largest absolute Gasteiger partial charge is 0.325 e. The molecule has 15 heavy (non-hydrogen) atoms. The Morgan fingerprint density at radius 1 is 1.40 bits per heavy atom. The van der Waals surface area contributed by atoms with E-state index in [2.05, 4.69) is 15.0 Å². The lowest BCUT2D eigenvalue weighted by Crippen LogP contribution is -2.04. The van der Waals surface area contributed by atoms with Crippen LogP contribution in [-0.4, -0.2) is 15.0 Å². The van der Waals surface area contributed by atoms with E-state index >= 15 is 0 Å². The number of thiazole rings is 1. The van der Waals surface area contributed by atoms with Crippen LogP contribution in [0.3, 0.4) is 0 Å². The van der Waals surface area contributed by atoms with Crippen molar-refractivity contribution in [2.45, 2.75) is 19.9 Å². The second kappa shape index (κ2) is 4.46. The molecule has 2 N–H and O–H groups in total. The Morgan fingerprint density at radius 2 is 2.27 bits per heavy atom. The molecule has 2 aromatic heterocycles. The third-order valence-corrected chi connectivity index (χ3v) is 2.91. The third kappa shape index (κ3) is 2.57. The van der Waals surface area contributed by atoms with E-state index in [1.165, 1.54) is 0 Å². The molecule has 4 nitrogen and oxygen atoms in total. The lowest BCUT2D eigenvalue weighted by molar-refractivity contribution is 0.885. The highest BCUT2D eigenvalue weighted by Crippen LogP contribution is 2.11. The number of hydrogen-bond donors (Lipinski definition) is 1. The second-order valence-corrected chi connectivity index (χ2v) is 4.17. The fourth-order valence-corrected chi connectivity index (χ4v) is 2.03. The van der Waals surface area contributed by atoms with E-state index in [1.807, 2.05) is 18.4 Å². The van der Waals surface area contributed by atoms with Gasteiger partial charge in [0, 0.05) is 23.8 Å². The van der Waals surface area contributed by atoms with Gasteiger partial charge >= 0.3 is 0 Å². The van der Waals surface area contributed by atoms with Crippen molar-refractivity contribution in [3.05, 3.63) is 39.9 Å². The van der Waals surface area contributed by atoms with Crippen LogP contribution < -0.4 is 5.73 Å². The van der Waals surface area contributed by atoms with Crippen LogP contribution in [0.15, 0.2) is 17.6 Å². The molecule has 0 radical (unpaired) electrons. The summed E-state index contributed by atoms with van der Waals surface area (Å²) in [5.41, 5.74) is 7.43. The van der Waals surface area contributed by atoms with Gasteiger partial charge in [-0.2, -0.15) is 0 Å². The van der Waals surface area contributed by atoms with Crippen molar-refractivity contribution in [3.63, 3.8) is 0 Å². The number of rotatable bonds is 3. The molecule has 0 aliphatic rings. The summed E-state index contributed by atoms with van der Waals surface area (Å²) in [6.07, 6.45) is 2.43. The van der Waals surface area contributed by atoms with E-state index in [1.54, 1.807) is 17.5 Å². The molecule has 78 valence electrons. The van der Waals surface area contributed by atoms with Crippen LogP contribution in [0.2, 0.25) is 0 Å². The summed E-state index contributed by atoms with van der Waals surface area (Å²) in [5.74, 6) is 0.785. The molecule has 0 bridgehead atoms. The summed E-state index contributed by atoms with van der Waals surface area (Å²) in [6.45, 7) is 2.43. The van der Waals surface area contributed by atoms with Crippen LogP contribution in [0, 0.1) is 6.92 Å². The molecular weight excluding hydrogens is 208 g/mol. The average molecular weight is 220 g/mol. The Morgan fingerprint density at radius 3 is 2.93 bits per heavy atom. The van der Waals surface area contributed by atoms with Crippen LogP contribution in [0.1, 0.15) is 22.2 Å². The minimum atomic E-state index is 0.451. The van der Waals surface area contributed by atoms with Gasteiger partial charge in [-0.15, -0.1) is 11.3 Å². The van der Waals surface area contributed by atoms with Crippen molar-refractivity contribution in [3.8, 4) is 0 Å². The maximum Gasteiger partial charge on any atom is 0.135 e. The van der Waals surface area contributed by atoms with Gasteiger partial charge in [0.25, 0.3) is 0 Å². The first-order valence-corrected chi connectivity index (χ1v) is 5.58. The van der Waals surface area contributed by atoms with Crippen molar-refractivity contribution in [2.24, 2.45) is 5.73 Å². The maximum absolute atomic E-state index is 5.51. The van der Waals surface area contributed by atoms with Gasteiger partial charge in [-0.25, -0.2) is 15.0 Å². The number of aromatic nitrogens is 3. The minimum absolute atomic E-state index is 0.451. The summed E-state index contributed by atoms with van der Waals surface area (Å²) in [7, 11) is 0. The van der Waals surface area contributed by atoms with E-state index in [0.29, 0.717) is 13.0 Å². The number of hydrogen-bond acceptors (Lipinski definition) is 5. The quantitative estimate of drug-likeness (QED) is 0.846. The molecular formula is C10H12N4S. The smallest absolute Gasteiger partial charge is 0.135 e. The van der Waals surface area contributed by atoms with Gasteiger partial charge in [-0.3, -0.25) is 0 Å².